The second-order valence-corrected chi connectivity index (χ2v) is 9.86. The maximum atomic E-state index is 12.8. The summed E-state index contributed by atoms with van der Waals surface area (Å²) in [5, 5.41) is 12.8. The number of nitrogens with zero attached hydrogens (tertiary/aromatic N) is 3. The minimum atomic E-state index is -0.397. The molecule has 2 heterocycles. The van der Waals surface area contributed by atoms with E-state index in [9.17, 15) is 9.59 Å². The van der Waals surface area contributed by atoms with Crippen LogP contribution in [0.3, 0.4) is 0 Å². The number of ether oxygens (including phenoxy) is 1. The number of hydrogen-bond acceptors (Lipinski definition) is 7. The van der Waals surface area contributed by atoms with Crippen LogP contribution < -0.4 is 5.32 Å². The van der Waals surface area contributed by atoms with Crippen molar-refractivity contribution >= 4 is 40.0 Å². The number of nitrogens with one attached hydrogen (secondary N) is 1. The molecule has 172 valence electrons. The molecule has 0 radical (unpaired) electrons. The quantitative estimate of drug-likeness (QED) is 0.279. The van der Waals surface area contributed by atoms with Crippen molar-refractivity contribution in [3.8, 4) is 11.4 Å². The number of allylic oxidation sites excluding steroid dienone is 1. The number of amides is 1. The van der Waals surface area contributed by atoms with Gasteiger partial charge in [0.05, 0.1) is 18.4 Å². The number of thioether (sulfide) groups is 1. The lowest BCUT2D eigenvalue weighted by Gasteiger charge is -2.11. The monoisotopic (exact) mass is 482 g/mol. The minimum absolute atomic E-state index is 0.145. The summed E-state index contributed by atoms with van der Waals surface area (Å²) in [7, 11) is 1.37. The number of carbonyl (C=O) groups is 2. The highest BCUT2D eigenvalue weighted by Crippen LogP contribution is 2.38. The molecule has 0 fully saturated rings. The number of rotatable bonds is 8. The second-order valence-electron chi connectivity index (χ2n) is 7.81. The average Bonchev–Trinajstić information content (AvgIpc) is 3.39. The Morgan fingerprint density at radius 1 is 1.24 bits per heavy atom. The van der Waals surface area contributed by atoms with Crippen LogP contribution in [0, 0.1) is 6.92 Å². The summed E-state index contributed by atoms with van der Waals surface area (Å²) >= 11 is 2.79. The fourth-order valence-electron chi connectivity index (χ4n) is 3.87. The highest BCUT2D eigenvalue weighted by molar-refractivity contribution is 7.99. The smallest absolute Gasteiger partial charge is 0.341 e. The molecule has 0 spiro atoms. The van der Waals surface area contributed by atoms with Crippen LogP contribution >= 0.6 is 23.1 Å². The number of benzene rings is 1. The maximum Gasteiger partial charge on any atom is 0.341 e. The Hall–Kier alpha value is -2.91. The Morgan fingerprint density at radius 2 is 2.00 bits per heavy atom. The molecule has 1 N–H and O–H groups in total. The Kier molecular flexibility index (Phi) is 7.29. The topological polar surface area (TPSA) is 86.1 Å². The zero-order valence-electron chi connectivity index (χ0n) is 18.7. The van der Waals surface area contributed by atoms with Crippen LogP contribution in [-0.4, -0.2) is 39.5 Å². The first-order valence-electron chi connectivity index (χ1n) is 10.8. The summed E-state index contributed by atoms with van der Waals surface area (Å²) < 4.78 is 6.93. The summed E-state index contributed by atoms with van der Waals surface area (Å²) in [6.07, 6.45) is 5.69. The maximum absolute atomic E-state index is 12.8. The largest absolute Gasteiger partial charge is 0.465 e. The van der Waals surface area contributed by atoms with E-state index in [1.165, 1.54) is 35.8 Å². The minimum Gasteiger partial charge on any atom is -0.465 e. The Balaban J connectivity index is 1.50. The predicted octanol–water partition coefficient (Wildman–Crippen LogP) is 4.90. The molecule has 0 saturated heterocycles. The molecule has 0 aliphatic heterocycles. The van der Waals surface area contributed by atoms with Gasteiger partial charge in [-0.2, -0.15) is 0 Å². The van der Waals surface area contributed by atoms with Crippen LogP contribution in [0.4, 0.5) is 5.00 Å². The highest BCUT2D eigenvalue weighted by Gasteiger charge is 2.27. The molecule has 1 aliphatic rings. The Bertz CT molecular complexity index is 1180. The van der Waals surface area contributed by atoms with Gasteiger partial charge in [0, 0.05) is 17.0 Å². The van der Waals surface area contributed by atoms with Crippen molar-refractivity contribution in [3.63, 3.8) is 0 Å². The van der Waals surface area contributed by atoms with Gasteiger partial charge < -0.3 is 10.1 Å². The first kappa shape index (κ1) is 23.3. The van der Waals surface area contributed by atoms with Crippen molar-refractivity contribution in [2.24, 2.45) is 0 Å². The van der Waals surface area contributed by atoms with E-state index in [-0.39, 0.29) is 11.7 Å². The van der Waals surface area contributed by atoms with Crippen LogP contribution in [0.25, 0.3) is 11.4 Å². The van der Waals surface area contributed by atoms with Gasteiger partial charge in [0.15, 0.2) is 11.0 Å². The molecule has 4 rings (SSSR count). The molecule has 0 bridgehead atoms. The van der Waals surface area contributed by atoms with Crippen LogP contribution in [0.2, 0.25) is 0 Å². The third-order valence-corrected chi connectivity index (χ3v) is 7.66. The summed E-state index contributed by atoms with van der Waals surface area (Å²) in [5.41, 5.74) is 3.65. The molecule has 1 amide bonds. The van der Waals surface area contributed by atoms with E-state index in [1.54, 1.807) is 6.08 Å². The Labute approximate surface area is 201 Å². The highest BCUT2D eigenvalue weighted by atomic mass is 32.2. The normalized spacial score (nSPS) is 12.8. The number of fused-ring (bicyclic) bond motifs is 1. The molecular weight excluding hydrogens is 456 g/mol. The summed E-state index contributed by atoms with van der Waals surface area (Å²) in [6, 6.07) is 8.07. The fourth-order valence-corrected chi connectivity index (χ4v) is 5.91. The molecule has 0 saturated carbocycles. The van der Waals surface area contributed by atoms with Crippen molar-refractivity contribution in [2.75, 3.05) is 18.2 Å². The molecule has 0 atom stereocenters. The Morgan fingerprint density at radius 3 is 2.73 bits per heavy atom. The first-order valence-corrected chi connectivity index (χ1v) is 12.6. The SMILES string of the molecule is C=CCn1c(SCC(=O)Nc2sc3c(c2C(=O)OC)CCCC3)nnc1-c1ccc(C)cc1. The number of aryl methyl sites for hydroxylation is 2. The van der Waals surface area contributed by atoms with Crippen molar-refractivity contribution in [1.29, 1.82) is 0 Å². The number of esters is 1. The molecule has 7 nitrogen and oxygen atoms in total. The lowest BCUT2D eigenvalue weighted by Crippen LogP contribution is -2.17. The van der Waals surface area contributed by atoms with Crippen LogP contribution in [0.1, 0.15) is 39.2 Å². The van der Waals surface area contributed by atoms with Gasteiger partial charge in [0.25, 0.3) is 0 Å². The lowest BCUT2D eigenvalue weighted by molar-refractivity contribution is -0.113. The van der Waals surface area contributed by atoms with Gasteiger partial charge in [0.2, 0.25) is 5.91 Å². The summed E-state index contributed by atoms with van der Waals surface area (Å²) in [6.45, 7) is 6.40. The van der Waals surface area contributed by atoms with Crippen molar-refractivity contribution in [2.45, 2.75) is 44.3 Å². The fraction of sp³-hybridized carbons (Fsp3) is 0.333. The van der Waals surface area contributed by atoms with Gasteiger partial charge in [-0.3, -0.25) is 9.36 Å². The molecular formula is C24H26N4O3S2. The molecule has 33 heavy (non-hydrogen) atoms. The van der Waals surface area contributed by atoms with E-state index < -0.39 is 5.97 Å². The number of thiophene rings is 1. The number of carbonyl (C=O) groups excluding carboxylic acids is 2. The standard InChI is InChI=1S/C24H26N4O3S2/c1-4-13-28-21(16-11-9-15(2)10-12-16)26-27-24(28)32-14-19(29)25-22-20(23(30)31-3)17-7-5-6-8-18(17)33-22/h4,9-12H,1,5-8,13-14H2,2-3H3,(H,25,29). The second kappa shape index (κ2) is 10.4. The van der Waals surface area contributed by atoms with Gasteiger partial charge in [-0.15, -0.1) is 28.1 Å². The van der Waals surface area contributed by atoms with Gasteiger partial charge in [-0.25, -0.2) is 4.79 Å². The van der Waals surface area contributed by atoms with Crippen molar-refractivity contribution in [3.05, 3.63) is 58.5 Å². The van der Waals surface area contributed by atoms with Gasteiger partial charge >= 0.3 is 5.97 Å². The van der Waals surface area contributed by atoms with Gasteiger partial charge in [-0.1, -0.05) is 47.7 Å². The van der Waals surface area contributed by atoms with E-state index >= 15 is 0 Å². The number of hydrogen-bond donors (Lipinski definition) is 1. The molecule has 0 unspecified atom stereocenters. The van der Waals surface area contributed by atoms with Crippen molar-refractivity contribution in [1.82, 2.24) is 14.8 Å². The lowest BCUT2D eigenvalue weighted by atomic mass is 9.95. The molecule has 2 aromatic heterocycles. The van der Waals surface area contributed by atoms with Crippen LogP contribution in [0.15, 0.2) is 42.1 Å². The van der Waals surface area contributed by atoms with E-state index in [0.717, 1.165) is 47.5 Å². The molecule has 1 aliphatic carbocycles. The van der Waals surface area contributed by atoms with Gasteiger partial charge in [0.1, 0.15) is 5.00 Å². The van der Waals surface area contributed by atoms with E-state index in [2.05, 4.69) is 22.1 Å². The number of aromatic nitrogens is 3. The zero-order chi connectivity index (χ0) is 23.4. The summed E-state index contributed by atoms with van der Waals surface area (Å²) in [5.74, 6) is 0.281. The average molecular weight is 483 g/mol. The number of anilines is 1. The van der Waals surface area contributed by atoms with Gasteiger partial charge in [-0.05, 0) is 38.2 Å². The molecule has 9 heteroatoms. The van der Waals surface area contributed by atoms with E-state index in [4.69, 9.17) is 4.74 Å². The van der Waals surface area contributed by atoms with Crippen molar-refractivity contribution < 1.29 is 14.3 Å². The summed E-state index contributed by atoms with van der Waals surface area (Å²) in [4.78, 5) is 26.4. The predicted molar refractivity (Wildman–Crippen MR) is 132 cm³/mol. The van der Waals surface area contributed by atoms with Crippen LogP contribution in [-0.2, 0) is 28.9 Å². The van der Waals surface area contributed by atoms with Crippen LogP contribution in [0.5, 0.6) is 0 Å². The first-order chi connectivity index (χ1) is 16.0. The third kappa shape index (κ3) is 5.04. The van der Waals surface area contributed by atoms with E-state index in [0.29, 0.717) is 22.3 Å². The third-order valence-electron chi connectivity index (χ3n) is 5.48. The molecule has 3 aromatic rings. The number of methoxy groups -OCH3 is 1. The van der Waals surface area contributed by atoms with E-state index in [1.807, 2.05) is 35.8 Å². The molecule has 1 aromatic carbocycles. The zero-order valence-corrected chi connectivity index (χ0v) is 20.4.